The van der Waals surface area contributed by atoms with Crippen LogP contribution in [0.25, 0.3) is 0 Å². The quantitative estimate of drug-likeness (QED) is 0.316. The van der Waals surface area contributed by atoms with Crippen LogP contribution in [0.3, 0.4) is 0 Å². The summed E-state index contributed by atoms with van der Waals surface area (Å²) < 4.78 is 6.84. The number of carbonyl (C=O) groups excluding carboxylic acids is 3. The molecular formula is C21H22N6O4. The monoisotopic (exact) mass is 422 g/mol. The van der Waals surface area contributed by atoms with Crippen molar-refractivity contribution in [3.05, 3.63) is 78.1 Å². The first-order chi connectivity index (χ1) is 15.2. The number of ether oxygens (including phenoxy) is 1. The van der Waals surface area contributed by atoms with Gasteiger partial charge in [0.15, 0.2) is 5.78 Å². The van der Waals surface area contributed by atoms with Crippen molar-refractivity contribution in [2.45, 2.75) is 31.8 Å². The Labute approximate surface area is 178 Å². The van der Waals surface area contributed by atoms with Gasteiger partial charge >= 0.3 is 0 Å². The number of benzene rings is 2. The first-order valence-corrected chi connectivity index (χ1v) is 9.58. The van der Waals surface area contributed by atoms with Crippen molar-refractivity contribution in [2.24, 2.45) is 0 Å². The number of amides is 2. The maximum atomic E-state index is 12.8. The summed E-state index contributed by atoms with van der Waals surface area (Å²) in [5.41, 5.74) is 1.70. The fourth-order valence-corrected chi connectivity index (χ4v) is 2.88. The van der Waals surface area contributed by atoms with Crippen molar-refractivity contribution in [3.63, 3.8) is 0 Å². The molecule has 0 saturated heterocycles. The van der Waals surface area contributed by atoms with E-state index in [0.29, 0.717) is 6.41 Å². The summed E-state index contributed by atoms with van der Waals surface area (Å²) in [4.78, 5) is 36.6. The summed E-state index contributed by atoms with van der Waals surface area (Å²) in [5.74, 6) is -0.925. The van der Waals surface area contributed by atoms with Crippen LogP contribution < -0.4 is 10.6 Å². The van der Waals surface area contributed by atoms with Gasteiger partial charge in [-0.15, -0.1) is 5.10 Å². The number of hydrogen-bond donors (Lipinski definition) is 2. The Morgan fingerprint density at radius 3 is 2.32 bits per heavy atom. The fourth-order valence-electron chi connectivity index (χ4n) is 2.88. The van der Waals surface area contributed by atoms with Crippen LogP contribution in [0.1, 0.15) is 11.1 Å². The molecule has 1 aromatic heterocycles. The van der Waals surface area contributed by atoms with E-state index >= 15 is 0 Å². The van der Waals surface area contributed by atoms with E-state index in [1.165, 1.54) is 11.0 Å². The predicted molar refractivity (Wildman–Crippen MR) is 109 cm³/mol. The van der Waals surface area contributed by atoms with Crippen LogP contribution >= 0.6 is 0 Å². The Morgan fingerprint density at radius 1 is 1.03 bits per heavy atom. The maximum Gasteiger partial charge on any atom is 0.270 e. The first-order valence-electron chi connectivity index (χ1n) is 9.58. The summed E-state index contributed by atoms with van der Waals surface area (Å²) in [7, 11) is 0. The topological polar surface area (TPSA) is 128 Å². The third-order valence-electron chi connectivity index (χ3n) is 4.41. The standard InChI is InChI=1S/C21H22N6O4/c28-15-22-21(31-13-17-9-5-2-6-10-17)20(30)24-18(11-16-7-3-1-4-8-16)19(29)12-27-14-23-25-26-27/h1-10,14-15,18,21H,11-13H2,(H,22,28)(H,24,30). The molecule has 10 heteroatoms. The Balaban J connectivity index is 1.69. The summed E-state index contributed by atoms with van der Waals surface area (Å²) in [6.45, 7) is 0.00309. The molecule has 2 amide bonds. The number of nitrogens with one attached hydrogen (secondary N) is 2. The molecule has 2 N–H and O–H groups in total. The van der Waals surface area contributed by atoms with Crippen LogP contribution in [0.5, 0.6) is 0 Å². The molecule has 2 unspecified atom stereocenters. The van der Waals surface area contributed by atoms with E-state index in [-0.39, 0.29) is 25.4 Å². The second-order valence-electron chi connectivity index (χ2n) is 6.69. The zero-order chi connectivity index (χ0) is 21.9. The molecule has 3 aromatic rings. The van der Waals surface area contributed by atoms with Gasteiger partial charge in [-0.05, 0) is 28.0 Å². The van der Waals surface area contributed by atoms with Crippen LogP contribution in [0.4, 0.5) is 0 Å². The molecule has 0 saturated carbocycles. The second kappa shape index (κ2) is 11.3. The van der Waals surface area contributed by atoms with Gasteiger partial charge in [-0.25, -0.2) is 4.68 Å². The summed E-state index contributed by atoms with van der Waals surface area (Å²) >= 11 is 0. The number of ketones is 1. The first kappa shape index (κ1) is 21.8. The highest BCUT2D eigenvalue weighted by Gasteiger charge is 2.26. The molecule has 2 atom stereocenters. The average molecular weight is 422 g/mol. The van der Waals surface area contributed by atoms with Gasteiger partial charge in [0, 0.05) is 0 Å². The second-order valence-corrected chi connectivity index (χ2v) is 6.69. The molecule has 3 rings (SSSR count). The lowest BCUT2D eigenvalue weighted by Crippen LogP contribution is -2.52. The van der Waals surface area contributed by atoms with Gasteiger partial charge in [-0.2, -0.15) is 0 Å². The van der Waals surface area contributed by atoms with E-state index < -0.39 is 18.2 Å². The Hall–Kier alpha value is -3.92. The van der Waals surface area contributed by atoms with E-state index in [0.717, 1.165) is 11.1 Å². The minimum absolute atomic E-state index is 0.110. The van der Waals surface area contributed by atoms with Crippen LogP contribution in [0, 0.1) is 0 Å². The lowest BCUT2D eigenvalue weighted by Gasteiger charge is -2.22. The lowest BCUT2D eigenvalue weighted by atomic mass is 10.0. The van der Waals surface area contributed by atoms with Crippen molar-refractivity contribution >= 4 is 18.1 Å². The van der Waals surface area contributed by atoms with E-state index in [2.05, 4.69) is 26.2 Å². The van der Waals surface area contributed by atoms with Gasteiger partial charge in [0.1, 0.15) is 12.9 Å². The molecule has 160 valence electrons. The van der Waals surface area contributed by atoms with Gasteiger partial charge in [0.05, 0.1) is 12.6 Å². The van der Waals surface area contributed by atoms with E-state index in [4.69, 9.17) is 4.74 Å². The summed E-state index contributed by atoms with van der Waals surface area (Å²) in [6, 6.07) is 17.6. The van der Waals surface area contributed by atoms with E-state index in [9.17, 15) is 14.4 Å². The van der Waals surface area contributed by atoms with E-state index in [1.54, 1.807) is 0 Å². The molecule has 0 radical (unpaired) electrons. The largest absolute Gasteiger partial charge is 0.345 e. The third kappa shape index (κ3) is 6.82. The summed E-state index contributed by atoms with van der Waals surface area (Å²) in [6.07, 6.45) is 0.709. The number of rotatable bonds is 12. The zero-order valence-electron chi connectivity index (χ0n) is 16.6. The zero-order valence-corrected chi connectivity index (χ0v) is 16.6. The molecular weight excluding hydrogens is 400 g/mol. The molecule has 0 bridgehead atoms. The van der Waals surface area contributed by atoms with Crippen molar-refractivity contribution in [1.82, 2.24) is 30.8 Å². The number of Topliss-reactive ketones (excluding diaryl/α,β-unsaturated/α-hetero) is 1. The molecule has 2 aromatic carbocycles. The van der Waals surface area contributed by atoms with Crippen LogP contribution in [0.2, 0.25) is 0 Å². The molecule has 10 nitrogen and oxygen atoms in total. The molecule has 0 fully saturated rings. The minimum Gasteiger partial charge on any atom is -0.345 e. The highest BCUT2D eigenvalue weighted by Crippen LogP contribution is 2.07. The molecule has 0 aliphatic carbocycles. The third-order valence-corrected chi connectivity index (χ3v) is 4.41. The average Bonchev–Trinajstić information content (AvgIpc) is 3.30. The normalized spacial score (nSPS) is 12.5. The van der Waals surface area contributed by atoms with Gasteiger partial charge < -0.3 is 15.4 Å². The van der Waals surface area contributed by atoms with Gasteiger partial charge in [0.25, 0.3) is 5.91 Å². The van der Waals surface area contributed by atoms with Gasteiger partial charge in [-0.1, -0.05) is 60.7 Å². The Bertz CT molecular complexity index is 966. The van der Waals surface area contributed by atoms with Gasteiger partial charge in [-0.3, -0.25) is 14.4 Å². The molecule has 1 heterocycles. The van der Waals surface area contributed by atoms with Gasteiger partial charge in [0.2, 0.25) is 12.6 Å². The fraction of sp³-hybridized carbons (Fsp3) is 0.238. The number of hydrogen-bond acceptors (Lipinski definition) is 7. The molecule has 31 heavy (non-hydrogen) atoms. The number of tetrazole rings is 1. The Morgan fingerprint density at radius 2 is 1.71 bits per heavy atom. The van der Waals surface area contributed by atoms with Crippen LogP contribution in [-0.4, -0.2) is 50.6 Å². The van der Waals surface area contributed by atoms with Crippen molar-refractivity contribution in [2.75, 3.05) is 0 Å². The maximum absolute atomic E-state index is 12.8. The SMILES string of the molecule is O=CNC(OCc1ccccc1)C(=O)NC(Cc1ccccc1)C(=O)Cn1cnnn1. The van der Waals surface area contributed by atoms with Crippen molar-refractivity contribution in [3.8, 4) is 0 Å². The number of carbonyl (C=O) groups is 3. The highest BCUT2D eigenvalue weighted by atomic mass is 16.5. The number of aromatic nitrogens is 4. The predicted octanol–water partition coefficient (Wildman–Crippen LogP) is 0.259. The van der Waals surface area contributed by atoms with Crippen molar-refractivity contribution in [1.29, 1.82) is 0 Å². The molecule has 0 aliphatic rings. The molecule has 0 aliphatic heterocycles. The van der Waals surface area contributed by atoms with Crippen LogP contribution in [0.15, 0.2) is 67.0 Å². The highest BCUT2D eigenvalue weighted by molar-refractivity contribution is 5.91. The summed E-state index contributed by atoms with van der Waals surface area (Å²) in [5, 5.41) is 15.7. The smallest absolute Gasteiger partial charge is 0.270 e. The van der Waals surface area contributed by atoms with E-state index in [1.807, 2.05) is 60.7 Å². The number of nitrogens with zero attached hydrogens (tertiary/aromatic N) is 4. The lowest BCUT2D eigenvalue weighted by molar-refractivity contribution is -0.141. The minimum atomic E-state index is -1.25. The van der Waals surface area contributed by atoms with Crippen molar-refractivity contribution < 1.29 is 19.1 Å². The van der Waals surface area contributed by atoms with Crippen LogP contribution in [-0.2, 0) is 38.7 Å². The Kier molecular flexibility index (Phi) is 7.95. The molecule has 0 spiro atoms.